The van der Waals surface area contributed by atoms with Crippen LogP contribution in [0.2, 0.25) is 0 Å². The Labute approximate surface area is 366 Å². The zero-order valence-corrected chi connectivity index (χ0v) is 36.1. The first-order chi connectivity index (χ1) is 30.1. The highest BCUT2D eigenvalue weighted by atomic mass is 16.7. The van der Waals surface area contributed by atoms with Crippen LogP contribution in [-0.4, -0.2) is 52.2 Å². The van der Waals surface area contributed by atoms with Crippen molar-refractivity contribution in [3.63, 3.8) is 0 Å². The van der Waals surface area contributed by atoms with E-state index in [1.165, 1.54) is 19.3 Å². The molecule has 4 N–H and O–H groups in total. The van der Waals surface area contributed by atoms with Gasteiger partial charge in [-0.3, -0.25) is 9.69 Å². The summed E-state index contributed by atoms with van der Waals surface area (Å²) < 4.78 is 19.6. The summed E-state index contributed by atoms with van der Waals surface area (Å²) in [5.74, 6) is 2.13. The SMILES string of the molecule is CC(C)(C)NC(=O)[C@H]1CC[C@H]2CCCC[C@H]2N1C[C@H]1C[C@@H](c2ccc(CO)cc2)O[C@@H](c2cccc(-c3cccc(CNC(=O)Nc4ccc(Oc5ccccc5)cc4)c3)c2)O1. The highest BCUT2D eigenvalue weighted by Crippen LogP contribution is 2.42. The Bertz CT molecular complexity index is 2260. The van der Waals surface area contributed by atoms with Gasteiger partial charge in [0.2, 0.25) is 5.91 Å². The van der Waals surface area contributed by atoms with Crippen molar-refractivity contribution in [1.82, 2.24) is 15.5 Å². The fourth-order valence-corrected chi connectivity index (χ4v) is 9.31. The predicted octanol–water partition coefficient (Wildman–Crippen LogP) is 10.4. The zero-order valence-electron chi connectivity index (χ0n) is 36.1. The van der Waals surface area contributed by atoms with Crippen molar-refractivity contribution in [1.29, 1.82) is 0 Å². The average Bonchev–Trinajstić information content (AvgIpc) is 3.29. The van der Waals surface area contributed by atoms with Gasteiger partial charge in [-0.15, -0.1) is 0 Å². The molecule has 324 valence electrons. The minimum atomic E-state index is -0.641. The number of hydrogen-bond donors (Lipinski definition) is 4. The summed E-state index contributed by atoms with van der Waals surface area (Å²) in [6.45, 7) is 7.11. The highest BCUT2D eigenvalue weighted by Gasteiger charge is 2.44. The number of carbonyl (C=O) groups is 2. The molecule has 5 aromatic rings. The monoisotopic (exact) mass is 836 g/mol. The number of fused-ring (bicyclic) bond motifs is 1. The molecule has 10 heteroatoms. The van der Waals surface area contributed by atoms with Crippen molar-refractivity contribution in [2.75, 3.05) is 11.9 Å². The number of likely N-dealkylation sites (tertiary alicyclic amines) is 1. The molecule has 3 fully saturated rings. The standard InChI is InChI=1S/C52H60N4O6/c1-52(2,3)55-49(58)47-28-23-37-12-7-8-18-46(37)56(47)33-45-31-48(38-21-19-35(34-57)20-22-38)62-50(61-45)41-15-10-14-40(30-41)39-13-9-11-36(29-39)32-53-51(59)54-42-24-26-44(27-25-42)60-43-16-5-4-6-17-43/h4-6,9-11,13-17,19-22,24-27,29-30,37,45-48,50,57H,7-8,12,18,23,28,31-34H2,1-3H3,(H,55,58)(H2,53,54,59)/t37-,45-,46-,47-,48+,50+/m1/s1. The lowest BCUT2D eigenvalue weighted by atomic mass is 9.75. The quantitative estimate of drug-likeness (QED) is 0.0987. The van der Waals surface area contributed by atoms with Gasteiger partial charge >= 0.3 is 6.03 Å². The number of nitrogens with one attached hydrogen (secondary N) is 3. The van der Waals surface area contributed by atoms with Crippen LogP contribution in [0, 0.1) is 5.92 Å². The van der Waals surface area contributed by atoms with Crippen LogP contribution < -0.4 is 20.7 Å². The lowest BCUT2D eigenvalue weighted by molar-refractivity contribution is -0.255. The summed E-state index contributed by atoms with van der Waals surface area (Å²) in [6.07, 6.45) is 6.25. The van der Waals surface area contributed by atoms with E-state index in [4.69, 9.17) is 14.2 Å². The van der Waals surface area contributed by atoms with Crippen molar-refractivity contribution >= 4 is 17.6 Å². The molecule has 2 heterocycles. The summed E-state index contributed by atoms with van der Waals surface area (Å²) in [4.78, 5) is 29.3. The third-order valence-electron chi connectivity index (χ3n) is 12.3. The maximum Gasteiger partial charge on any atom is 0.319 e. The van der Waals surface area contributed by atoms with Crippen molar-refractivity contribution < 1.29 is 28.9 Å². The maximum absolute atomic E-state index is 13.9. The summed E-state index contributed by atoms with van der Waals surface area (Å²) >= 11 is 0. The number of aliphatic hydroxyl groups excluding tert-OH is 1. The number of nitrogens with zero attached hydrogens (tertiary/aromatic N) is 1. The van der Waals surface area contributed by atoms with E-state index in [-0.39, 0.29) is 42.3 Å². The van der Waals surface area contributed by atoms with Gasteiger partial charge in [0.05, 0.1) is 24.9 Å². The van der Waals surface area contributed by atoms with E-state index in [0.717, 1.165) is 58.4 Å². The number of hydrogen-bond acceptors (Lipinski definition) is 7. The molecule has 2 aliphatic heterocycles. The number of amides is 3. The molecule has 0 radical (unpaired) electrons. The number of ether oxygens (including phenoxy) is 3. The Hall–Kier alpha value is -5.52. The molecule has 0 spiro atoms. The van der Waals surface area contributed by atoms with Gasteiger partial charge in [-0.05, 0) is 129 Å². The summed E-state index contributed by atoms with van der Waals surface area (Å²) in [7, 11) is 0. The van der Waals surface area contributed by atoms with Crippen molar-refractivity contribution in [3.05, 3.63) is 150 Å². The number of rotatable bonds is 12. The molecule has 6 atom stereocenters. The molecule has 3 amide bonds. The number of piperidine rings is 1. The predicted molar refractivity (Wildman–Crippen MR) is 242 cm³/mol. The molecule has 1 aliphatic carbocycles. The normalized spacial score (nSPS) is 22.8. The Kier molecular flexibility index (Phi) is 13.7. The molecule has 8 rings (SSSR count). The first-order valence-electron chi connectivity index (χ1n) is 22.2. The average molecular weight is 837 g/mol. The lowest BCUT2D eigenvalue weighted by Crippen LogP contribution is -2.61. The van der Waals surface area contributed by atoms with Crippen LogP contribution in [0.5, 0.6) is 11.5 Å². The Morgan fingerprint density at radius 2 is 1.47 bits per heavy atom. The lowest BCUT2D eigenvalue weighted by Gasteiger charge is -2.50. The fraction of sp³-hybridized carbons (Fsp3) is 0.385. The third kappa shape index (κ3) is 11.1. The Balaban J connectivity index is 0.969. The maximum atomic E-state index is 13.9. The smallest absolute Gasteiger partial charge is 0.319 e. The second-order valence-electron chi connectivity index (χ2n) is 18.1. The van der Waals surface area contributed by atoms with Crippen LogP contribution in [0.4, 0.5) is 10.5 Å². The largest absolute Gasteiger partial charge is 0.457 e. The van der Waals surface area contributed by atoms with Crippen LogP contribution in [0.25, 0.3) is 11.1 Å². The van der Waals surface area contributed by atoms with Crippen molar-refractivity contribution in [3.8, 4) is 22.6 Å². The van der Waals surface area contributed by atoms with Crippen molar-refractivity contribution in [2.24, 2.45) is 5.92 Å². The van der Waals surface area contributed by atoms with Crippen molar-refractivity contribution in [2.45, 2.75) is 115 Å². The topological polar surface area (TPSA) is 121 Å². The number of urea groups is 1. The van der Waals surface area contributed by atoms with Gasteiger partial charge in [-0.1, -0.05) is 91.7 Å². The number of carbonyl (C=O) groups excluding carboxylic acids is 2. The van der Waals surface area contributed by atoms with E-state index in [9.17, 15) is 14.7 Å². The number of anilines is 1. The summed E-state index contributed by atoms with van der Waals surface area (Å²) in [5, 5.41) is 18.9. The molecule has 2 saturated heterocycles. The number of para-hydroxylation sites is 1. The molecule has 0 aromatic heterocycles. The zero-order chi connectivity index (χ0) is 43.1. The highest BCUT2D eigenvalue weighted by molar-refractivity contribution is 5.89. The Morgan fingerprint density at radius 1 is 0.742 bits per heavy atom. The van der Waals surface area contributed by atoms with Gasteiger partial charge in [-0.25, -0.2) is 4.79 Å². The molecule has 62 heavy (non-hydrogen) atoms. The van der Waals surface area contributed by atoms with Gasteiger partial charge in [0, 0.05) is 42.3 Å². The Morgan fingerprint density at radius 3 is 2.23 bits per heavy atom. The van der Waals surface area contributed by atoms with Gasteiger partial charge in [0.25, 0.3) is 0 Å². The fourth-order valence-electron chi connectivity index (χ4n) is 9.31. The van der Waals surface area contributed by atoms with Gasteiger partial charge in [-0.2, -0.15) is 0 Å². The summed E-state index contributed by atoms with van der Waals surface area (Å²) in [6, 6.07) is 41.1. The van der Waals surface area contributed by atoms with E-state index < -0.39 is 6.29 Å². The number of benzene rings is 5. The van der Waals surface area contributed by atoms with Crippen LogP contribution in [0.1, 0.15) is 100 Å². The third-order valence-corrected chi connectivity index (χ3v) is 12.3. The summed E-state index contributed by atoms with van der Waals surface area (Å²) in [5.41, 5.74) is 6.10. The molecule has 1 saturated carbocycles. The minimum absolute atomic E-state index is 0.0204. The molecule has 3 aliphatic rings. The molecular formula is C52H60N4O6. The molecule has 0 bridgehead atoms. The first-order valence-corrected chi connectivity index (χ1v) is 22.2. The van der Waals surface area contributed by atoms with E-state index in [0.29, 0.717) is 42.9 Å². The first kappa shape index (κ1) is 43.1. The van der Waals surface area contributed by atoms with E-state index in [1.54, 1.807) is 0 Å². The van der Waals surface area contributed by atoms with Crippen LogP contribution in [0.3, 0.4) is 0 Å². The van der Waals surface area contributed by atoms with Crippen LogP contribution in [0.15, 0.2) is 127 Å². The van der Waals surface area contributed by atoms with Crippen LogP contribution >= 0.6 is 0 Å². The van der Waals surface area contributed by atoms with Gasteiger partial charge in [0.15, 0.2) is 6.29 Å². The van der Waals surface area contributed by atoms with Gasteiger partial charge < -0.3 is 35.3 Å². The van der Waals surface area contributed by atoms with Gasteiger partial charge in [0.1, 0.15) is 11.5 Å². The number of aliphatic hydroxyl groups is 1. The van der Waals surface area contributed by atoms with E-state index in [2.05, 4.69) is 51.2 Å². The minimum Gasteiger partial charge on any atom is -0.457 e. The molecular weight excluding hydrogens is 777 g/mol. The second kappa shape index (κ2) is 19.7. The van der Waals surface area contributed by atoms with E-state index >= 15 is 0 Å². The van der Waals surface area contributed by atoms with Crippen LogP contribution in [-0.2, 0) is 27.4 Å². The van der Waals surface area contributed by atoms with E-state index in [1.807, 2.05) is 118 Å². The molecule has 5 aromatic carbocycles. The molecule has 0 unspecified atom stereocenters. The second-order valence-corrected chi connectivity index (χ2v) is 18.1. The molecule has 10 nitrogen and oxygen atoms in total.